The Kier molecular flexibility index (Phi) is 4.05. The van der Waals surface area contributed by atoms with E-state index in [2.05, 4.69) is 59.5 Å². The van der Waals surface area contributed by atoms with E-state index in [1.54, 1.807) is 0 Å². The quantitative estimate of drug-likeness (QED) is 0.665. The molecule has 112 valence electrons. The first kappa shape index (κ1) is 14.5. The molecule has 3 nitrogen and oxygen atoms in total. The molecule has 2 heterocycles. The lowest BCUT2D eigenvalue weighted by Crippen LogP contribution is -2.04. The van der Waals surface area contributed by atoms with Crippen LogP contribution in [-0.4, -0.2) is 14.8 Å². The molecule has 2 aromatic heterocycles. The van der Waals surface area contributed by atoms with Crippen molar-refractivity contribution in [2.24, 2.45) is 0 Å². The summed E-state index contributed by atoms with van der Waals surface area (Å²) in [6.07, 6.45) is 5.69. The third-order valence-corrected chi connectivity index (χ3v) is 4.32. The highest BCUT2D eigenvalue weighted by Crippen LogP contribution is 2.27. The summed E-state index contributed by atoms with van der Waals surface area (Å²) in [6, 6.07) is 10.5. The van der Waals surface area contributed by atoms with Crippen LogP contribution in [0.15, 0.2) is 49.2 Å². The van der Waals surface area contributed by atoms with Crippen LogP contribution in [0.1, 0.15) is 22.5 Å². The van der Waals surface area contributed by atoms with Crippen molar-refractivity contribution in [1.29, 1.82) is 0 Å². The molecule has 3 heteroatoms. The molecule has 0 bridgehead atoms. The average Bonchev–Trinajstić information content (AvgIpc) is 2.80. The van der Waals surface area contributed by atoms with Crippen LogP contribution in [0.5, 0.6) is 0 Å². The molecule has 3 rings (SSSR count). The predicted octanol–water partition coefficient (Wildman–Crippen LogP) is 4.02. The second-order valence-electron chi connectivity index (χ2n) is 5.65. The number of aryl methyl sites for hydroxylation is 3. The molecule has 3 aromatic rings. The Morgan fingerprint density at radius 2 is 1.91 bits per heavy atom. The van der Waals surface area contributed by atoms with Crippen molar-refractivity contribution in [2.45, 2.75) is 33.2 Å². The zero-order valence-corrected chi connectivity index (χ0v) is 13.2. The maximum Gasteiger partial charge on any atom is 0.0877 e. The Bertz CT molecular complexity index is 800. The molecule has 0 amide bonds. The number of hydrogen-bond donors (Lipinski definition) is 0. The molecule has 0 aliphatic heterocycles. The molecule has 1 aromatic carbocycles. The van der Waals surface area contributed by atoms with Gasteiger partial charge >= 0.3 is 0 Å². The summed E-state index contributed by atoms with van der Waals surface area (Å²) in [5.41, 5.74) is 6.16. The van der Waals surface area contributed by atoms with Crippen molar-refractivity contribution in [3.05, 3.63) is 71.7 Å². The van der Waals surface area contributed by atoms with Crippen LogP contribution in [0.2, 0.25) is 0 Å². The summed E-state index contributed by atoms with van der Waals surface area (Å²) in [4.78, 5) is 0. The molecule has 0 aliphatic rings. The zero-order chi connectivity index (χ0) is 15.5. The Morgan fingerprint density at radius 3 is 2.64 bits per heavy atom. The molecule has 0 N–H and O–H groups in total. The minimum absolute atomic E-state index is 0.806. The van der Waals surface area contributed by atoms with Gasteiger partial charge in [-0.15, -0.1) is 6.58 Å². The van der Waals surface area contributed by atoms with Crippen LogP contribution < -0.4 is 0 Å². The Labute approximate surface area is 131 Å². The second kappa shape index (κ2) is 6.14. The van der Waals surface area contributed by atoms with Gasteiger partial charge in [0, 0.05) is 17.6 Å². The third kappa shape index (κ3) is 2.54. The van der Waals surface area contributed by atoms with Gasteiger partial charge in [-0.2, -0.15) is 10.2 Å². The highest BCUT2D eigenvalue weighted by Gasteiger charge is 2.15. The fourth-order valence-corrected chi connectivity index (χ4v) is 2.99. The van der Waals surface area contributed by atoms with Crippen molar-refractivity contribution < 1.29 is 0 Å². The lowest BCUT2D eigenvalue weighted by molar-refractivity contribution is 0.798. The van der Waals surface area contributed by atoms with Gasteiger partial charge in [0.05, 0.1) is 17.4 Å². The van der Waals surface area contributed by atoms with Gasteiger partial charge in [0.1, 0.15) is 0 Å². The number of nitrogens with zero attached hydrogens (tertiary/aromatic N) is 3. The van der Waals surface area contributed by atoms with E-state index < -0.39 is 0 Å². The van der Waals surface area contributed by atoms with Gasteiger partial charge in [0.2, 0.25) is 0 Å². The van der Waals surface area contributed by atoms with Gasteiger partial charge in [-0.05, 0) is 37.8 Å². The molecule has 0 spiro atoms. The van der Waals surface area contributed by atoms with Crippen LogP contribution in [0, 0.1) is 13.8 Å². The predicted molar refractivity (Wildman–Crippen MR) is 91.0 cm³/mol. The second-order valence-corrected chi connectivity index (χ2v) is 5.65. The van der Waals surface area contributed by atoms with Crippen LogP contribution >= 0.6 is 0 Å². The maximum atomic E-state index is 4.41. The third-order valence-electron chi connectivity index (χ3n) is 4.32. The molecular formula is C19H21N3. The van der Waals surface area contributed by atoms with Crippen LogP contribution in [-0.2, 0) is 19.4 Å². The first-order valence-electron chi connectivity index (χ1n) is 7.67. The standard InChI is InChI=1S/C19H21N3/c1-4-12-22-15(3)14(2)17-13-20-21-18(19(17)22)11-10-16-8-6-5-7-9-16/h4-9,13H,1,10-12H2,2-3H3. The van der Waals surface area contributed by atoms with E-state index in [-0.39, 0.29) is 0 Å². The summed E-state index contributed by atoms with van der Waals surface area (Å²) in [5.74, 6) is 0. The minimum atomic E-state index is 0.806. The van der Waals surface area contributed by atoms with E-state index in [0.717, 1.165) is 25.1 Å². The molecule has 0 aliphatic carbocycles. The lowest BCUT2D eigenvalue weighted by atomic mass is 10.1. The molecule has 0 unspecified atom stereocenters. The van der Waals surface area contributed by atoms with Crippen molar-refractivity contribution in [2.75, 3.05) is 0 Å². The Balaban J connectivity index is 2.02. The van der Waals surface area contributed by atoms with Gasteiger partial charge < -0.3 is 4.57 Å². The van der Waals surface area contributed by atoms with Gasteiger partial charge in [-0.1, -0.05) is 36.4 Å². The molecule has 0 saturated carbocycles. The van der Waals surface area contributed by atoms with Crippen LogP contribution in [0.25, 0.3) is 10.9 Å². The highest BCUT2D eigenvalue weighted by molar-refractivity contribution is 5.86. The van der Waals surface area contributed by atoms with Gasteiger partial charge in [0.25, 0.3) is 0 Å². The topological polar surface area (TPSA) is 30.7 Å². The first-order chi connectivity index (χ1) is 10.7. The van der Waals surface area contributed by atoms with E-state index in [0.29, 0.717) is 0 Å². The smallest absolute Gasteiger partial charge is 0.0877 e. The normalized spacial score (nSPS) is 11.0. The van der Waals surface area contributed by atoms with Gasteiger partial charge in [0.15, 0.2) is 0 Å². The molecule has 0 fully saturated rings. The van der Waals surface area contributed by atoms with Crippen LogP contribution in [0.3, 0.4) is 0 Å². The molecule has 22 heavy (non-hydrogen) atoms. The molecule has 0 saturated heterocycles. The highest BCUT2D eigenvalue weighted by atomic mass is 15.1. The number of allylic oxidation sites excluding steroid dienone is 1. The average molecular weight is 291 g/mol. The fraction of sp³-hybridized carbons (Fsp3) is 0.263. The Hall–Kier alpha value is -2.42. The lowest BCUT2D eigenvalue weighted by Gasteiger charge is -2.08. The van der Waals surface area contributed by atoms with E-state index in [9.17, 15) is 0 Å². The van der Waals surface area contributed by atoms with Crippen LogP contribution in [0.4, 0.5) is 0 Å². The van der Waals surface area contributed by atoms with Crippen molar-refractivity contribution in [1.82, 2.24) is 14.8 Å². The summed E-state index contributed by atoms with van der Waals surface area (Å²) in [7, 11) is 0. The number of benzene rings is 1. The molecular weight excluding hydrogens is 270 g/mol. The van der Waals surface area contributed by atoms with Crippen molar-refractivity contribution in [3.8, 4) is 0 Å². The van der Waals surface area contributed by atoms with E-state index in [4.69, 9.17) is 0 Å². The van der Waals surface area contributed by atoms with E-state index in [1.165, 1.54) is 27.7 Å². The fourth-order valence-electron chi connectivity index (χ4n) is 2.99. The number of rotatable bonds is 5. The van der Waals surface area contributed by atoms with Crippen molar-refractivity contribution in [3.63, 3.8) is 0 Å². The monoisotopic (exact) mass is 291 g/mol. The minimum Gasteiger partial charge on any atom is -0.339 e. The Morgan fingerprint density at radius 1 is 1.14 bits per heavy atom. The summed E-state index contributed by atoms with van der Waals surface area (Å²) < 4.78 is 2.30. The number of hydrogen-bond acceptors (Lipinski definition) is 2. The SMILES string of the molecule is C=CCn1c(C)c(C)c2cnnc(CCc3ccccc3)c21. The molecule has 0 radical (unpaired) electrons. The molecule has 0 atom stereocenters. The largest absolute Gasteiger partial charge is 0.339 e. The number of fused-ring (bicyclic) bond motifs is 1. The summed E-state index contributed by atoms with van der Waals surface area (Å²) >= 11 is 0. The maximum absolute atomic E-state index is 4.41. The number of aromatic nitrogens is 3. The summed E-state index contributed by atoms with van der Waals surface area (Å²) in [5, 5.41) is 9.83. The van der Waals surface area contributed by atoms with Gasteiger partial charge in [-0.25, -0.2) is 0 Å². The van der Waals surface area contributed by atoms with E-state index >= 15 is 0 Å². The summed E-state index contributed by atoms with van der Waals surface area (Å²) in [6.45, 7) is 8.99. The first-order valence-corrected chi connectivity index (χ1v) is 7.67. The van der Waals surface area contributed by atoms with Crippen molar-refractivity contribution >= 4 is 10.9 Å². The van der Waals surface area contributed by atoms with E-state index in [1.807, 2.05) is 18.3 Å². The van der Waals surface area contributed by atoms with Gasteiger partial charge in [-0.3, -0.25) is 0 Å². The zero-order valence-electron chi connectivity index (χ0n) is 13.2.